The van der Waals surface area contributed by atoms with Crippen LogP contribution in [-0.2, 0) is 11.2 Å². The van der Waals surface area contributed by atoms with E-state index in [4.69, 9.17) is 21.1 Å². The van der Waals surface area contributed by atoms with Crippen LogP contribution in [0.1, 0.15) is 48.3 Å². The average Bonchev–Trinajstić information content (AvgIpc) is 3.29. The van der Waals surface area contributed by atoms with Crippen molar-refractivity contribution in [2.24, 2.45) is 0 Å². The highest BCUT2D eigenvalue weighted by Crippen LogP contribution is 2.46. The Bertz CT molecular complexity index is 1220. The third kappa shape index (κ3) is 3.67. The Labute approximate surface area is 198 Å². The number of carbonyl (C=O) groups excluding carboxylic acids is 1. The van der Waals surface area contributed by atoms with E-state index < -0.39 is 11.2 Å². The third-order valence-corrected chi connectivity index (χ3v) is 6.90. The maximum absolute atomic E-state index is 13.3. The first-order valence-corrected chi connectivity index (χ1v) is 11.5. The molecule has 1 spiro atoms. The lowest BCUT2D eigenvalue weighted by Crippen LogP contribution is -2.50. The number of methoxy groups -OCH3 is 1. The van der Waals surface area contributed by atoms with Crippen LogP contribution < -0.4 is 9.47 Å². The number of amides is 1. The van der Waals surface area contributed by atoms with Crippen LogP contribution in [0, 0.1) is 0 Å². The number of hydrogen-bond acceptors (Lipinski definition) is 4. The smallest absolute Gasteiger partial charge is 0.253 e. The van der Waals surface area contributed by atoms with Gasteiger partial charge in [-0.1, -0.05) is 17.7 Å². The highest BCUT2D eigenvalue weighted by atomic mass is 35.5. The van der Waals surface area contributed by atoms with Crippen LogP contribution >= 0.6 is 11.6 Å². The van der Waals surface area contributed by atoms with Gasteiger partial charge in [-0.3, -0.25) is 4.79 Å². The molecule has 2 aliphatic heterocycles. The van der Waals surface area contributed by atoms with Crippen LogP contribution in [0.3, 0.4) is 0 Å². The topological polar surface area (TPSA) is 63.9 Å². The minimum atomic E-state index is -1.06. The number of nitrogens with zero attached hydrogens (tertiary/aromatic N) is 2. The molecule has 0 bridgehead atoms. The summed E-state index contributed by atoms with van der Waals surface area (Å²) in [5.74, 6) is 1.21. The first-order valence-electron chi connectivity index (χ1n) is 11.1. The highest BCUT2D eigenvalue weighted by molar-refractivity contribution is 6.30. The van der Waals surface area contributed by atoms with Crippen LogP contribution in [-0.4, -0.2) is 40.7 Å². The van der Waals surface area contributed by atoms with Gasteiger partial charge in [0.2, 0.25) is 0 Å². The molecule has 0 atom stereocenters. The summed E-state index contributed by atoms with van der Waals surface area (Å²) >= 11 is 6.23. The summed E-state index contributed by atoms with van der Waals surface area (Å²) in [5, 5.41) is 11.0. The molecule has 1 saturated heterocycles. The molecular weight excluding hydrogens is 440 g/mol. The monoisotopic (exact) mass is 466 g/mol. The van der Waals surface area contributed by atoms with E-state index in [-0.39, 0.29) is 5.91 Å². The van der Waals surface area contributed by atoms with Crippen LogP contribution in [0.5, 0.6) is 11.5 Å². The Hall–Kier alpha value is -2.96. The summed E-state index contributed by atoms with van der Waals surface area (Å²) in [6, 6.07) is 15.0. The molecule has 1 aromatic heterocycles. The van der Waals surface area contributed by atoms with Gasteiger partial charge in [-0.15, -0.1) is 0 Å². The van der Waals surface area contributed by atoms with Crippen molar-refractivity contribution in [3.8, 4) is 17.2 Å². The van der Waals surface area contributed by atoms with Crippen LogP contribution in [0.2, 0.25) is 5.02 Å². The van der Waals surface area contributed by atoms with Crippen molar-refractivity contribution in [2.75, 3.05) is 20.2 Å². The zero-order valence-electron chi connectivity index (χ0n) is 19.0. The normalized spacial score (nSPS) is 16.7. The van der Waals surface area contributed by atoms with Gasteiger partial charge in [0.05, 0.1) is 24.1 Å². The van der Waals surface area contributed by atoms with Crippen molar-refractivity contribution in [1.29, 1.82) is 0 Å². The molecular formula is C26H27ClN2O4. The first kappa shape index (κ1) is 21.9. The van der Waals surface area contributed by atoms with E-state index in [1.165, 1.54) is 0 Å². The SMILES string of the molecule is COc1cc(C(=O)N2CCC3(CC2)Oc2cc(Cl)ccc2-n2cccc23)ccc1C(C)(C)O. The lowest BCUT2D eigenvalue weighted by Gasteiger charge is -2.45. The Balaban J connectivity index is 1.38. The fraction of sp³-hybridized carbons (Fsp3) is 0.346. The molecule has 1 fully saturated rings. The third-order valence-electron chi connectivity index (χ3n) is 6.67. The van der Waals surface area contributed by atoms with E-state index in [2.05, 4.69) is 10.6 Å². The van der Waals surface area contributed by atoms with Crippen molar-refractivity contribution < 1.29 is 19.4 Å². The number of benzene rings is 2. The molecule has 1 amide bonds. The van der Waals surface area contributed by atoms with Gasteiger partial charge in [0, 0.05) is 54.3 Å². The minimum Gasteiger partial charge on any atom is -0.496 e. The number of hydrogen-bond donors (Lipinski definition) is 1. The number of fused-ring (bicyclic) bond motifs is 4. The van der Waals surface area contributed by atoms with E-state index in [0.29, 0.717) is 47.8 Å². The molecule has 6 nitrogen and oxygen atoms in total. The second-order valence-electron chi connectivity index (χ2n) is 9.24. The van der Waals surface area contributed by atoms with Gasteiger partial charge in [0.15, 0.2) is 5.60 Å². The van der Waals surface area contributed by atoms with Gasteiger partial charge in [0.1, 0.15) is 11.5 Å². The quantitative estimate of drug-likeness (QED) is 0.597. The minimum absolute atomic E-state index is 0.0555. The van der Waals surface area contributed by atoms with Crippen molar-refractivity contribution >= 4 is 17.5 Å². The maximum atomic E-state index is 13.3. The number of carbonyl (C=O) groups is 1. The number of likely N-dealkylation sites (tertiary alicyclic amines) is 1. The summed E-state index contributed by atoms with van der Waals surface area (Å²) in [7, 11) is 1.54. The molecule has 0 saturated carbocycles. The van der Waals surface area contributed by atoms with Gasteiger partial charge in [0.25, 0.3) is 5.91 Å². The molecule has 0 radical (unpaired) electrons. The van der Waals surface area contributed by atoms with E-state index in [1.54, 1.807) is 39.2 Å². The van der Waals surface area contributed by atoms with Crippen molar-refractivity contribution in [1.82, 2.24) is 9.47 Å². The number of halogens is 1. The van der Waals surface area contributed by atoms with Crippen LogP contribution in [0.25, 0.3) is 5.69 Å². The van der Waals surface area contributed by atoms with Gasteiger partial charge in [-0.25, -0.2) is 0 Å². The first-order chi connectivity index (χ1) is 15.7. The van der Waals surface area contributed by atoms with Crippen molar-refractivity contribution in [3.05, 3.63) is 76.6 Å². The predicted octanol–water partition coefficient (Wildman–Crippen LogP) is 4.89. The number of aromatic nitrogens is 1. The molecule has 172 valence electrons. The highest BCUT2D eigenvalue weighted by Gasteiger charge is 2.44. The van der Waals surface area contributed by atoms with E-state index in [9.17, 15) is 9.90 Å². The number of piperidine rings is 1. The number of rotatable bonds is 3. The molecule has 2 aliphatic rings. The summed E-state index contributed by atoms with van der Waals surface area (Å²) in [4.78, 5) is 15.1. The fourth-order valence-corrected chi connectivity index (χ4v) is 5.10. The fourth-order valence-electron chi connectivity index (χ4n) is 4.94. The lowest BCUT2D eigenvalue weighted by atomic mass is 9.86. The standard InChI is InChI=1S/C26H27ClN2O4/c1-25(2,31)19-8-6-17(15-21(19)32-3)24(30)28-13-10-26(11-14-28)23-5-4-12-29(23)20-9-7-18(27)16-22(20)33-26/h4-9,12,15-16,31H,10-11,13-14H2,1-3H3. The Kier molecular flexibility index (Phi) is 5.18. The van der Waals surface area contributed by atoms with Gasteiger partial charge in [-0.05, 0) is 50.2 Å². The zero-order valence-corrected chi connectivity index (χ0v) is 19.7. The van der Waals surface area contributed by atoms with Crippen LogP contribution in [0.15, 0.2) is 54.7 Å². The van der Waals surface area contributed by atoms with E-state index >= 15 is 0 Å². The molecule has 0 aliphatic carbocycles. The molecule has 7 heteroatoms. The summed E-state index contributed by atoms with van der Waals surface area (Å²) in [5.41, 5.74) is 1.70. The molecule has 1 N–H and O–H groups in total. The largest absolute Gasteiger partial charge is 0.496 e. The van der Waals surface area contributed by atoms with Crippen LogP contribution in [0.4, 0.5) is 0 Å². The maximum Gasteiger partial charge on any atom is 0.253 e. The predicted molar refractivity (Wildman–Crippen MR) is 126 cm³/mol. The molecule has 0 unspecified atom stereocenters. The molecule has 5 rings (SSSR count). The second-order valence-corrected chi connectivity index (χ2v) is 9.67. The van der Waals surface area contributed by atoms with Crippen molar-refractivity contribution in [2.45, 2.75) is 37.9 Å². The Morgan fingerprint density at radius 2 is 1.91 bits per heavy atom. The number of ether oxygens (including phenoxy) is 2. The summed E-state index contributed by atoms with van der Waals surface area (Å²) in [6.07, 6.45) is 3.39. The molecule has 3 heterocycles. The molecule has 2 aromatic carbocycles. The van der Waals surface area contributed by atoms with Gasteiger partial charge < -0.3 is 24.0 Å². The van der Waals surface area contributed by atoms with Gasteiger partial charge >= 0.3 is 0 Å². The van der Waals surface area contributed by atoms with E-state index in [1.807, 2.05) is 35.4 Å². The summed E-state index contributed by atoms with van der Waals surface area (Å²) < 4.78 is 14.2. The molecule has 33 heavy (non-hydrogen) atoms. The second kappa shape index (κ2) is 7.82. The molecule has 3 aromatic rings. The van der Waals surface area contributed by atoms with E-state index in [0.717, 1.165) is 17.1 Å². The zero-order chi connectivity index (χ0) is 23.4. The van der Waals surface area contributed by atoms with Gasteiger partial charge in [-0.2, -0.15) is 0 Å². The number of aliphatic hydroxyl groups is 1. The average molecular weight is 467 g/mol. The lowest BCUT2D eigenvalue weighted by molar-refractivity contribution is -0.00932. The van der Waals surface area contributed by atoms with Crippen molar-refractivity contribution in [3.63, 3.8) is 0 Å². The Morgan fingerprint density at radius 3 is 2.61 bits per heavy atom. The Morgan fingerprint density at radius 1 is 1.15 bits per heavy atom. The summed E-state index contributed by atoms with van der Waals surface area (Å²) in [6.45, 7) is 4.52.